The monoisotopic (exact) mass is 822 g/mol. The van der Waals surface area contributed by atoms with Crippen LogP contribution in [-0.4, -0.2) is 6.71 Å². The van der Waals surface area contributed by atoms with Crippen LogP contribution in [0.2, 0.25) is 0 Å². The number of nitriles is 1. The largest absolute Gasteiger partial charge is 0.315 e. The molecule has 4 unspecified atom stereocenters. The summed E-state index contributed by atoms with van der Waals surface area (Å²) in [5.74, 6) is 1.22. The van der Waals surface area contributed by atoms with Crippen molar-refractivity contribution in [3.8, 4) is 17.2 Å². The Kier molecular flexibility index (Phi) is 8.71. The van der Waals surface area contributed by atoms with Crippen LogP contribution in [0.5, 0.6) is 0 Å². The van der Waals surface area contributed by atoms with Crippen molar-refractivity contribution in [1.82, 2.24) is 0 Å². The van der Waals surface area contributed by atoms with E-state index < -0.39 is 0 Å². The number of hydrogen-bond acceptors (Lipinski definition) is 2. The third kappa shape index (κ3) is 5.57. The fourth-order valence-electron chi connectivity index (χ4n) is 13.5. The van der Waals surface area contributed by atoms with Gasteiger partial charge in [0.25, 0.3) is 0 Å². The maximum absolute atomic E-state index is 10.9. The lowest BCUT2D eigenvalue weighted by Crippen LogP contribution is -2.50. The molecule has 0 aromatic heterocycles. The Morgan fingerprint density at radius 1 is 0.750 bits per heavy atom. The molecule has 0 saturated heterocycles. The lowest BCUT2D eigenvalue weighted by atomic mass is 9.29. The second kappa shape index (κ2) is 14.7. The number of fused-ring (bicyclic) bond motifs is 6. The van der Waals surface area contributed by atoms with Crippen LogP contribution in [0.1, 0.15) is 93.4 Å². The van der Waals surface area contributed by atoms with Gasteiger partial charge in [0.2, 0.25) is 6.71 Å². The topological polar surface area (TPSA) is 27.0 Å². The lowest BCUT2D eigenvalue weighted by molar-refractivity contribution is 0.556. The minimum Gasteiger partial charge on any atom is -0.315 e. The van der Waals surface area contributed by atoms with E-state index in [1.54, 1.807) is 16.7 Å². The first-order valence-corrected chi connectivity index (χ1v) is 23.9. The quantitative estimate of drug-likeness (QED) is 0.192. The molecule has 0 amide bonds. The molecule has 0 radical (unpaired) electrons. The first kappa shape index (κ1) is 37.9. The molecule has 0 N–H and O–H groups in total. The highest BCUT2D eigenvalue weighted by molar-refractivity contribution is 6.99. The Balaban J connectivity index is 1.09. The van der Waals surface area contributed by atoms with Gasteiger partial charge in [-0.1, -0.05) is 151 Å². The van der Waals surface area contributed by atoms with Crippen LogP contribution in [0, 0.1) is 29.1 Å². The van der Waals surface area contributed by atoms with Crippen LogP contribution >= 0.6 is 0 Å². The van der Waals surface area contributed by atoms with Crippen LogP contribution in [0.3, 0.4) is 0 Å². The SMILES string of the molecule is CC1=CCCC(C)=C1N1C2=C(C=C3C(C4C=CC=CC4)=C4C=CCCC4=C(C4C=CC=CC4)C3C2)B2C3=CCC(c4ccc5ccccc5c4)c4cccc(c43)-c3cc(C#N)cc1c32. The van der Waals surface area contributed by atoms with Crippen molar-refractivity contribution in [2.45, 2.75) is 71.1 Å². The van der Waals surface area contributed by atoms with E-state index in [2.05, 4.69) is 177 Å². The number of anilines is 1. The Labute approximate surface area is 378 Å². The van der Waals surface area contributed by atoms with Gasteiger partial charge in [0.15, 0.2) is 0 Å². The minimum atomic E-state index is 0.0544. The summed E-state index contributed by atoms with van der Waals surface area (Å²) in [6.07, 6.45) is 39.8. The Bertz CT molecular complexity index is 3220. The summed E-state index contributed by atoms with van der Waals surface area (Å²) < 4.78 is 0. The van der Waals surface area contributed by atoms with Crippen LogP contribution in [0.4, 0.5) is 5.69 Å². The smallest absolute Gasteiger partial charge is 0.247 e. The molecule has 0 bridgehead atoms. The average Bonchev–Trinajstić information content (AvgIpc) is 3.34. The highest BCUT2D eigenvalue weighted by Gasteiger charge is 2.50. The molecular weight excluding hydrogens is 771 g/mol. The average molecular weight is 823 g/mol. The minimum absolute atomic E-state index is 0.0544. The second-order valence-electron chi connectivity index (χ2n) is 19.5. The van der Waals surface area contributed by atoms with Crippen molar-refractivity contribution in [3.63, 3.8) is 0 Å². The number of allylic oxidation sites excluding steroid dienone is 22. The van der Waals surface area contributed by atoms with Crippen molar-refractivity contribution in [3.05, 3.63) is 230 Å². The second-order valence-corrected chi connectivity index (χ2v) is 19.5. The molecule has 2 aliphatic heterocycles. The van der Waals surface area contributed by atoms with E-state index in [9.17, 15) is 5.26 Å². The van der Waals surface area contributed by atoms with Crippen LogP contribution in [0.15, 0.2) is 208 Å². The normalized spacial score (nSPS) is 24.8. The van der Waals surface area contributed by atoms with Gasteiger partial charge >= 0.3 is 0 Å². The maximum atomic E-state index is 10.9. The highest BCUT2D eigenvalue weighted by atomic mass is 15.2. The van der Waals surface area contributed by atoms with Gasteiger partial charge in [0, 0.05) is 40.8 Å². The zero-order chi connectivity index (χ0) is 42.6. The van der Waals surface area contributed by atoms with E-state index in [0.29, 0.717) is 11.8 Å². The third-order valence-corrected chi connectivity index (χ3v) is 16.1. The molecular formula is C61H51BN2. The van der Waals surface area contributed by atoms with Crippen molar-refractivity contribution < 1.29 is 0 Å². The van der Waals surface area contributed by atoms with Crippen LogP contribution < -0.4 is 10.4 Å². The number of rotatable bonds is 4. The molecule has 4 aromatic rings. The Morgan fingerprint density at radius 3 is 2.41 bits per heavy atom. The van der Waals surface area contributed by atoms with Gasteiger partial charge < -0.3 is 4.90 Å². The van der Waals surface area contributed by atoms with Gasteiger partial charge in [-0.05, 0) is 160 Å². The molecule has 0 saturated carbocycles. The molecule has 13 rings (SSSR count). The summed E-state index contributed by atoms with van der Waals surface area (Å²) in [6.45, 7) is 4.74. The van der Waals surface area contributed by atoms with Crippen LogP contribution in [0.25, 0.3) is 27.4 Å². The predicted molar refractivity (Wildman–Crippen MR) is 267 cm³/mol. The summed E-state index contributed by atoms with van der Waals surface area (Å²) >= 11 is 0. The van der Waals surface area contributed by atoms with E-state index in [0.717, 1.165) is 56.9 Å². The van der Waals surface area contributed by atoms with Crippen molar-refractivity contribution >= 4 is 34.1 Å². The fraction of sp³-hybridized carbons (Fsp3) is 0.230. The Hall–Kier alpha value is -6.63. The fourth-order valence-corrected chi connectivity index (χ4v) is 13.5. The molecule has 4 aromatic carbocycles. The standard InChI is InChI=1S/C61H51BN2/c1-37-15-13-16-38(2)61(37)64-55-35-51-50(57(41-18-5-3-6-19-41)47-23-11-12-24-48(47)58(51)42-20-7-4-8-21-42)34-54(55)62-53-30-29-45(44-28-27-40-17-9-10-22-43(40)33-44)46-25-14-26-49(59(46)53)52-31-39(36-63)32-56(64)60(52)62/h3-11,14-15,17-18,20,22-23,25-28,30-34,41-42,45,51H,12-13,16,19,21,24,29,35H2,1-2H3. The summed E-state index contributed by atoms with van der Waals surface area (Å²) in [7, 11) is 0. The number of hydrogen-bond donors (Lipinski definition) is 0. The maximum Gasteiger partial charge on any atom is 0.247 e. The van der Waals surface area contributed by atoms with Crippen molar-refractivity contribution in [1.29, 1.82) is 5.26 Å². The first-order chi connectivity index (χ1) is 31.6. The molecule has 64 heavy (non-hydrogen) atoms. The predicted octanol–water partition coefficient (Wildman–Crippen LogP) is 14.3. The molecule has 0 spiro atoms. The van der Waals surface area contributed by atoms with Crippen molar-refractivity contribution in [2.75, 3.05) is 4.90 Å². The summed E-state index contributed by atoms with van der Waals surface area (Å²) in [5, 5.41) is 13.5. The molecule has 0 fully saturated rings. The summed E-state index contributed by atoms with van der Waals surface area (Å²) in [4.78, 5) is 2.69. The molecule has 9 aliphatic rings. The Morgan fingerprint density at radius 2 is 1.59 bits per heavy atom. The van der Waals surface area contributed by atoms with Gasteiger partial charge in [0.1, 0.15) is 0 Å². The van der Waals surface area contributed by atoms with E-state index >= 15 is 0 Å². The molecule has 4 atom stereocenters. The highest BCUT2D eigenvalue weighted by Crippen LogP contribution is 2.58. The lowest BCUT2D eigenvalue weighted by Gasteiger charge is -2.50. The molecule has 308 valence electrons. The van der Waals surface area contributed by atoms with E-state index in [1.807, 2.05) is 0 Å². The van der Waals surface area contributed by atoms with E-state index in [4.69, 9.17) is 0 Å². The van der Waals surface area contributed by atoms with Crippen LogP contribution in [-0.2, 0) is 0 Å². The van der Waals surface area contributed by atoms with E-state index in [1.165, 1.54) is 94.4 Å². The van der Waals surface area contributed by atoms with Gasteiger partial charge in [-0.3, -0.25) is 0 Å². The zero-order valence-electron chi connectivity index (χ0n) is 36.9. The van der Waals surface area contributed by atoms with Gasteiger partial charge in [-0.25, -0.2) is 0 Å². The summed E-state index contributed by atoms with van der Waals surface area (Å²) in [5.41, 5.74) is 26.2. The molecule has 3 heteroatoms. The third-order valence-electron chi connectivity index (χ3n) is 16.1. The first-order valence-electron chi connectivity index (χ1n) is 23.9. The van der Waals surface area contributed by atoms with Crippen molar-refractivity contribution in [2.24, 2.45) is 17.8 Å². The zero-order valence-corrected chi connectivity index (χ0v) is 36.9. The van der Waals surface area contributed by atoms with Gasteiger partial charge in [0.05, 0.1) is 11.6 Å². The number of benzene rings is 4. The molecule has 7 aliphatic carbocycles. The number of nitrogens with zero attached hydrogens (tertiary/aromatic N) is 2. The molecule has 2 heterocycles. The molecule has 2 nitrogen and oxygen atoms in total. The van der Waals surface area contributed by atoms with Gasteiger partial charge in [-0.2, -0.15) is 5.26 Å². The summed E-state index contributed by atoms with van der Waals surface area (Å²) in [6, 6.07) is 30.0. The van der Waals surface area contributed by atoms with Gasteiger partial charge in [-0.15, -0.1) is 0 Å². The van der Waals surface area contributed by atoms with E-state index in [-0.39, 0.29) is 18.5 Å².